The lowest BCUT2D eigenvalue weighted by Crippen LogP contribution is -2.18. The zero-order valence-corrected chi connectivity index (χ0v) is 14.4. The number of hydrogen-bond donors (Lipinski definition) is 1. The zero-order valence-electron chi connectivity index (χ0n) is 14.4. The molecule has 136 valence electrons. The van der Waals surface area contributed by atoms with Crippen molar-refractivity contribution in [3.63, 3.8) is 0 Å². The molecule has 2 heterocycles. The first-order chi connectivity index (χ1) is 12.7. The van der Waals surface area contributed by atoms with E-state index in [1.54, 1.807) is 13.2 Å². The van der Waals surface area contributed by atoms with Crippen LogP contribution in [0.25, 0.3) is 0 Å². The highest BCUT2D eigenvalue weighted by Crippen LogP contribution is 2.53. The third-order valence-electron chi connectivity index (χ3n) is 5.65. The molecule has 0 radical (unpaired) electrons. The molecule has 26 heavy (non-hydrogen) atoms. The summed E-state index contributed by atoms with van der Waals surface area (Å²) in [6, 6.07) is 11.4. The van der Waals surface area contributed by atoms with Crippen molar-refractivity contribution in [3.05, 3.63) is 47.5 Å². The summed E-state index contributed by atoms with van der Waals surface area (Å²) in [5, 5.41) is 9.83. The Morgan fingerprint density at radius 1 is 0.962 bits per heavy atom. The van der Waals surface area contributed by atoms with Crippen LogP contribution >= 0.6 is 0 Å². The molecule has 1 saturated heterocycles. The van der Waals surface area contributed by atoms with Gasteiger partial charge in [0.05, 0.1) is 7.11 Å². The first-order valence-corrected chi connectivity index (χ1v) is 8.83. The number of rotatable bonds is 3. The maximum atomic E-state index is 9.83. The van der Waals surface area contributed by atoms with Gasteiger partial charge < -0.3 is 19.3 Å². The predicted molar refractivity (Wildman–Crippen MR) is 91.4 cm³/mol. The highest BCUT2D eigenvalue weighted by molar-refractivity contribution is 5.46. The SMILES string of the molecule is COc1cc(C2CCC3C(c4ccc5c(c4)OCO5)OOC23)ccc1O. The number of hydrogen-bond acceptors (Lipinski definition) is 6. The molecule has 0 amide bonds. The fourth-order valence-electron chi connectivity index (χ4n) is 4.33. The highest BCUT2D eigenvalue weighted by Gasteiger charge is 2.49. The molecule has 4 unspecified atom stereocenters. The summed E-state index contributed by atoms with van der Waals surface area (Å²) in [5.74, 6) is 2.65. The second-order valence-corrected chi connectivity index (χ2v) is 6.97. The van der Waals surface area contributed by atoms with E-state index in [0.29, 0.717) is 5.75 Å². The molecule has 0 aromatic heterocycles. The molecule has 0 spiro atoms. The van der Waals surface area contributed by atoms with Crippen molar-refractivity contribution in [2.24, 2.45) is 5.92 Å². The van der Waals surface area contributed by atoms with Crippen molar-refractivity contribution in [2.75, 3.05) is 13.9 Å². The average molecular weight is 356 g/mol. The van der Waals surface area contributed by atoms with E-state index in [1.807, 2.05) is 30.3 Å². The lowest BCUT2D eigenvalue weighted by Gasteiger charge is -2.17. The minimum Gasteiger partial charge on any atom is -0.504 e. The van der Waals surface area contributed by atoms with Crippen LogP contribution in [0.15, 0.2) is 36.4 Å². The average Bonchev–Trinajstić information content (AvgIpc) is 3.37. The van der Waals surface area contributed by atoms with Gasteiger partial charge in [-0.2, -0.15) is 0 Å². The molecule has 0 bridgehead atoms. The van der Waals surface area contributed by atoms with Crippen LogP contribution in [-0.2, 0) is 9.78 Å². The summed E-state index contributed by atoms with van der Waals surface area (Å²) in [6.07, 6.45) is 1.89. The molecule has 2 aromatic rings. The van der Waals surface area contributed by atoms with Gasteiger partial charge in [0, 0.05) is 11.8 Å². The Morgan fingerprint density at radius 2 is 1.81 bits per heavy atom. The van der Waals surface area contributed by atoms with Gasteiger partial charge in [-0.3, -0.25) is 0 Å². The fraction of sp³-hybridized carbons (Fsp3) is 0.400. The van der Waals surface area contributed by atoms with Gasteiger partial charge in [-0.1, -0.05) is 12.1 Å². The number of benzene rings is 2. The van der Waals surface area contributed by atoms with Gasteiger partial charge in [0.1, 0.15) is 12.2 Å². The standard InChI is InChI=1S/C20H20O6/c1-22-17-8-11(2-6-15(17)21)13-4-5-14-19(25-26-20(13)14)12-3-7-16-18(9-12)24-10-23-16/h2-3,6-9,13-14,19-21H,4-5,10H2,1H3. The van der Waals surface area contributed by atoms with Crippen molar-refractivity contribution in [3.8, 4) is 23.0 Å². The summed E-state index contributed by atoms with van der Waals surface area (Å²) in [7, 11) is 1.56. The maximum absolute atomic E-state index is 9.83. The van der Waals surface area contributed by atoms with Crippen LogP contribution in [-0.4, -0.2) is 25.1 Å². The maximum Gasteiger partial charge on any atom is 0.231 e. The van der Waals surface area contributed by atoms with Crippen LogP contribution < -0.4 is 14.2 Å². The molecule has 5 rings (SSSR count). The number of phenolic OH excluding ortho intramolecular Hbond substituents is 1. The summed E-state index contributed by atoms with van der Waals surface area (Å²) < 4.78 is 16.1. The largest absolute Gasteiger partial charge is 0.504 e. The van der Waals surface area contributed by atoms with Gasteiger partial charge in [0.15, 0.2) is 23.0 Å². The van der Waals surface area contributed by atoms with Gasteiger partial charge in [-0.25, -0.2) is 9.78 Å². The van der Waals surface area contributed by atoms with Crippen LogP contribution in [0.5, 0.6) is 23.0 Å². The first kappa shape index (κ1) is 15.8. The molecule has 3 aliphatic rings. The second kappa shape index (κ2) is 6.07. The van der Waals surface area contributed by atoms with E-state index in [4.69, 9.17) is 24.0 Å². The first-order valence-electron chi connectivity index (χ1n) is 8.83. The molecule has 2 aromatic carbocycles. The molecule has 4 atom stereocenters. The van der Waals surface area contributed by atoms with Crippen molar-refractivity contribution in [2.45, 2.75) is 31.0 Å². The summed E-state index contributed by atoms with van der Waals surface area (Å²) in [6.45, 7) is 0.262. The number of methoxy groups -OCH3 is 1. The van der Waals surface area contributed by atoms with E-state index < -0.39 is 0 Å². The van der Waals surface area contributed by atoms with Crippen molar-refractivity contribution >= 4 is 0 Å². The van der Waals surface area contributed by atoms with E-state index in [1.165, 1.54) is 0 Å². The number of ether oxygens (including phenoxy) is 3. The Bertz CT molecular complexity index is 810. The number of aromatic hydroxyl groups is 1. The van der Waals surface area contributed by atoms with Crippen molar-refractivity contribution < 1.29 is 29.1 Å². The Kier molecular flexibility index (Phi) is 3.69. The van der Waals surface area contributed by atoms with Gasteiger partial charge in [0.25, 0.3) is 0 Å². The molecular weight excluding hydrogens is 336 g/mol. The predicted octanol–water partition coefficient (Wildman–Crippen LogP) is 3.69. The quantitative estimate of drug-likeness (QED) is 0.846. The Labute approximate surface area is 151 Å². The summed E-state index contributed by atoms with van der Waals surface area (Å²) in [5.41, 5.74) is 2.15. The molecule has 2 fully saturated rings. The van der Waals surface area contributed by atoms with Gasteiger partial charge in [-0.05, 0) is 48.2 Å². The van der Waals surface area contributed by atoms with Crippen molar-refractivity contribution in [1.82, 2.24) is 0 Å². The number of phenols is 1. The normalized spacial score (nSPS) is 29.0. The van der Waals surface area contributed by atoms with E-state index in [9.17, 15) is 5.11 Å². The van der Waals surface area contributed by atoms with E-state index in [2.05, 4.69) is 0 Å². The summed E-state index contributed by atoms with van der Waals surface area (Å²) >= 11 is 0. The Hall–Kier alpha value is -2.44. The monoisotopic (exact) mass is 356 g/mol. The van der Waals surface area contributed by atoms with Gasteiger partial charge in [-0.15, -0.1) is 0 Å². The second-order valence-electron chi connectivity index (χ2n) is 6.97. The molecule has 6 heteroatoms. The van der Waals surface area contributed by atoms with E-state index in [-0.39, 0.29) is 36.6 Å². The number of fused-ring (bicyclic) bond motifs is 2. The van der Waals surface area contributed by atoms with E-state index >= 15 is 0 Å². The molecule has 1 saturated carbocycles. The van der Waals surface area contributed by atoms with E-state index in [0.717, 1.165) is 35.5 Å². The summed E-state index contributed by atoms with van der Waals surface area (Å²) in [4.78, 5) is 11.5. The van der Waals surface area contributed by atoms with Crippen LogP contribution in [0.4, 0.5) is 0 Å². The third kappa shape index (κ3) is 2.40. The topological polar surface area (TPSA) is 66.4 Å². The van der Waals surface area contributed by atoms with Crippen LogP contribution in [0.1, 0.15) is 36.0 Å². The van der Waals surface area contributed by atoms with Crippen LogP contribution in [0.2, 0.25) is 0 Å². The molecule has 2 aliphatic heterocycles. The molecule has 1 N–H and O–H groups in total. The minimum absolute atomic E-state index is 0.0142. The lowest BCUT2D eigenvalue weighted by atomic mass is 9.89. The van der Waals surface area contributed by atoms with Gasteiger partial charge in [0.2, 0.25) is 6.79 Å². The molecular formula is C20H20O6. The van der Waals surface area contributed by atoms with Crippen LogP contribution in [0, 0.1) is 5.92 Å². The lowest BCUT2D eigenvalue weighted by molar-refractivity contribution is -0.302. The van der Waals surface area contributed by atoms with Crippen LogP contribution in [0.3, 0.4) is 0 Å². The van der Waals surface area contributed by atoms with Gasteiger partial charge >= 0.3 is 0 Å². The highest BCUT2D eigenvalue weighted by atomic mass is 17.2. The zero-order chi connectivity index (χ0) is 17.7. The smallest absolute Gasteiger partial charge is 0.231 e. The molecule has 6 nitrogen and oxygen atoms in total. The third-order valence-corrected chi connectivity index (χ3v) is 5.65. The minimum atomic E-state index is -0.112. The van der Waals surface area contributed by atoms with Crippen molar-refractivity contribution in [1.29, 1.82) is 0 Å². The fourth-order valence-corrected chi connectivity index (χ4v) is 4.33. The Balaban J connectivity index is 1.40. The Morgan fingerprint density at radius 3 is 2.69 bits per heavy atom. The molecule has 1 aliphatic carbocycles.